The molecule has 0 saturated heterocycles. The zero-order valence-electron chi connectivity index (χ0n) is 14.9. The zero-order chi connectivity index (χ0) is 17.7. The fourth-order valence-electron chi connectivity index (χ4n) is 2.55. The lowest BCUT2D eigenvalue weighted by atomic mass is 10.00. The van der Waals surface area contributed by atoms with Crippen molar-refractivity contribution in [2.75, 3.05) is 7.11 Å². The van der Waals surface area contributed by atoms with E-state index >= 15 is 0 Å². The first-order valence-electron chi connectivity index (χ1n) is 8.09. The molecule has 0 radical (unpaired) electrons. The highest BCUT2D eigenvalue weighted by Gasteiger charge is 2.18. The van der Waals surface area contributed by atoms with Gasteiger partial charge in [-0.3, -0.25) is 4.79 Å². The van der Waals surface area contributed by atoms with E-state index in [1.54, 1.807) is 38.3 Å². The minimum Gasteiger partial charge on any atom is -0.497 e. The third-order valence-electron chi connectivity index (χ3n) is 4.00. The molecule has 0 aromatic heterocycles. The number of rotatable bonds is 6. The Bertz CT molecular complexity index is 695. The van der Waals surface area contributed by atoms with Gasteiger partial charge in [-0.15, -0.1) is 0 Å². The van der Waals surface area contributed by atoms with Gasteiger partial charge in [-0.2, -0.15) is 0 Å². The molecule has 2 aromatic carbocycles. The largest absolute Gasteiger partial charge is 0.497 e. The first-order valence-corrected chi connectivity index (χ1v) is 8.09. The summed E-state index contributed by atoms with van der Waals surface area (Å²) in [5.74, 6) is 1.25. The summed E-state index contributed by atoms with van der Waals surface area (Å²) in [6, 6.07) is 13.4. The van der Waals surface area contributed by atoms with E-state index in [0.717, 1.165) is 16.9 Å². The molecule has 4 nitrogen and oxygen atoms in total. The minimum absolute atomic E-state index is 0.0701. The molecule has 0 heterocycles. The predicted molar refractivity (Wildman–Crippen MR) is 95.6 cm³/mol. The van der Waals surface area contributed by atoms with Gasteiger partial charge in [-0.25, -0.2) is 0 Å². The van der Waals surface area contributed by atoms with Crippen LogP contribution in [0.25, 0.3) is 0 Å². The van der Waals surface area contributed by atoms with Gasteiger partial charge in [0, 0.05) is 0 Å². The van der Waals surface area contributed by atoms with Gasteiger partial charge in [0.2, 0.25) is 0 Å². The summed E-state index contributed by atoms with van der Waals surface area (Å²) < 4.78 is 10.8. The lowest BCUT2D eigenvalue weighted by Gasteiger charge is -2.20. The van der Waals surface area contributed by atoms with E-state index in [9.17, 15) is 4.79 Å². The topological polar surface area (TPSA) is 47.6 Å². The van der Waals surface area contributed by atoms with Gasteiger partial charge >= 0.3 is 0 Å². The number of carbonyl (C=O) groups excluding carboxylic acids is 1. The second-order valence-corrected chi connectivity index (χ2v) is 6.03. The summed E-state index contributed by atoms with van der Waals surface area (Å²) in [7, 11) is 1.61. The lowest BCUT2D eigenvalue weighted by Crippen LogP contribution is -2.38. The zero-order valence-corrected chi connectivity index (χ0v) is 14.9. The van der Waals surface area contributed by atoms with Crippen LogP contribution >= 0.6 is 0 Å². The number of methoxy groups -OCH3 is 1. The van der Waals surface area contributed by atoms with Crippen molar-refractivity contribution in [2.24, 2.45) is 0 Å². The number of ether oxygens (including phenoxy) is 2. The first kappa shape index (κ1) is 17.9. The second-order valence-electron chi connectivity index (χ2n) is 6.03. The minimum atomic E-state index is -0.578. The van der Waals surface area contributed by atoms with E-state index in [-0.39, 0.29) is 11.9 Å². The molecular formula is C20H25NO3. The Hall–Kier alpha value is -2.49. The summed E-state index contributed by atoms with van der Waals surface area (Å²) in [6.45, 7) is 7.83. The number of aryl methyl sites for hydroxylation is 2. The second kappa shape index (κ2) is 7.86. The third kappa shape index (κ3) is 4.51. The molecule has 0 fully saturated rings. The fraction of sp³-hybridized carbons (Fsp3) is 0.350. The van der Waals surface area contributed by atoms with Crippen LogP contribution in [0.2, 0.25) is 0 Å². The van der Waals surface area contributed by atoms with Crippen molar-refractivity contribution in [3.63, 3.8) is 0 Å². The Morgan fingerprint density at radius 2 is 1.62 bits per heavy atom. The molecule has 1 N–H and O–H groups in total. The number of nitrogens with one attached hydrogen (secondary N) is 1. The SMILES string of the molecule is COc1ccc(O[C@H](C)C(=O)N[C@@H](C)c2cc(C)ccc2C)cc1. The number of hydrogen-bond acceptors (Lipinski definition) is 3. The standard InChI is InChI=1S/C20H25NO3/c1-13-6-7-14(2)19(12-13)15(3)21-20(22)16(4)24-18-10-8-17(23-5)9-11-18/h6-12,15-16H,1-5H3,(H,21,22)/t15-,16+/m0/s1. The number of benzene rings is 2. The van der Waals surface area contributed by atoms with Crippen LogP contribution < -0.4 is 14.8 Å². The predicted octanol–water partition coefficient (Wildman–Crippen LogP) is 3.96. The summed E-state index contributed by atoms with van der Waals surface area (Å²) in [5.41, 5.74) is 3.47. The van der Waals surface area contributed by atoms with E-state index in [2.05, 4.69) is 30.4 Å². The van der Waals surface area contributed by atoms with Crippen molar-refractivity contribution in [3.8, 4) is 11.5 Å². The number of carbonyl (C=O) groups is 1. The molecular weight excluding hydrogens is 302 g/mol. The van der Waals surface area contributed by atoms with Crippen molar-refractivity contribution >= 4 is 5.91 Å². The monoisotopic (exact) mass is 327 g/mol. The summed E-state index contributed by atoms with van der Waals surface area (Å²) in [5, 5.41) is 3.02. The highest BCUT2D eigenvalue weighted by atomic mass is 16.5. The maximum absolute atomic E-state index is 12.4. The van der Waals surface area contributed by atoms with E-state index in [1.165, 1.54) is 5.56 Å². The molecule has 0 unspecified atom stereocenters. The Morgan fingerprint density at radius 3 is 2.25 bits per heavy atom. The van der Waals surface area contributed by atoms with Crippen molar-refractivity contribution in [3.05, 3.63) is 59.2 Å². The molecule has 24 heavy (non-hydrogen) atoms. The molecule has 0 spiro atoms. The van der Waals surface area contributed by atoms with E-state index in [0.29, 0.717) is 5.75 Å². The van der Waals surface area contributed by atoms with Crippen molar-refractivity contribution in [1.29, 1.82) is 0 Å². The number of hydrogen-bond donors (Lipinski definition) is 1. The van der Waals surface area contributed by atoms with E-state index < -0.39 is 6.10 Å². The highest BCUT2D eigenvalue weighted by Crippen LogP contribution is 2.20. The van der Waals surface area contributed by atoms with Gasteiger partial charge in [-0.05, 0) is 63.1 Å². The molecule has 0 aliphatic carbocycles. The van der Waals surface area contributed by atoms with Gasteiger partial charge in [0.15, 0.2) is 6.10 Å². The van der Waals surface area contributed by atoms with Crippen LogP contribution in [-0.4, -0.2) is 19.1 Å². The lowest BCUT2D eigenvalue weighted by molar-refractivity contribution is -0.127. The molecule has 0 aliphatic heterocycles. The van der Waals surface area contributed by atoms with Crippen LogP contribution in [0, 0.1) is 13.8 Å². The average Bonchev–Trinajstić information content (AvgIpc) is 2.57. The number of amides is 1. The molecule has 128 valence electrons. The fourth-order valence-corrected chi connectivity index (χ4v) is 2.55. The van der Waals surface area contributed by atoms with Crippen LogP contribution in [0.4, 0.5) is 0 Å². The van der Waals surface area contributed by atoms with Crippen LogP contribution in [0.1, 0.15) is 36.6 Å². The summed E-state index contributed by atoms with van der Waals surface area (Å²) >= 11 is 0. The molecule has 2 atom stereocenters. The van der Waals surface area contributed by atoms with Gasteiger partial charge in [0.25, 0.3) is 5.91 Å². The first-order chi connectivity index (χ1) is 11.4. The normalized spacial score (nSPS) is 13.0. The highest BCUT2D eigenvalue weighted by molar-refractivity contribution is 5.81. The van der Waals surface area contributed by atoms with Crippen molar-refractivity contribution in [1.82, 2.24) is 5.32 Å². The van der Waals surface area contributed by atoms with Crippen molar-refractivity contribution in [2.45, 2.75) is 39.8 Å². The van der Waals surface area contributed by atoms with Crippen LogP contribution in [0.15, 0.2) is 42.5 Å². The smallest absolute Gasteiger partial charge is 0.261 e. The molecule has 2 aromatic rings. The molecule has 0 bridgehead atoms. The molecule has 2 rings (SSSR count). The Labute approximate surface area is 143 Å². The van der Waals surface area contributed by atoms with Gasteiger partial charge in [-0.1, -0.05) is 23.8 Å². The van der Waals surface area contributed by atoms with Gasteiger partial charge in [0.1, 0.15) is 11.5 Å². The van der Waals surface area contributed by atoms with Crippen LogP contribution in [-0.2, 0) is 4.79 Å². The maximum atomic E-state index is 12.4. The Balaban J connectivity index is 1.98. The Morgan fingerprint density at radius 1 is 1.00 bits per heavy atom. The summed E-state index contributed by atoms with van der Waals surface area (Å²) in [6.07, 6.45) is -0.578. The summed E-state index contributed by atoms with van der Waals surface area (Å²) in [4.78, 5) is 12.4. The van der Waals surface area contributed by atoms with Gasteiger partial charge < -0.3 is 14.8 Å². The average molecular weight is 327 g/mol. The van der Waals surface area contributed by atoms with Crippen LogP contribution in [0.3, 0.4) is 0 Å². The van der Waals surface area contributed by atoms with E-state index in [1.807, 2.05) is 13.8 Å². The molecule has 4 heteroatoms. The molecule has 0 aliphatic rings. The van der Waals surface area contributed by atoms with Crippen molar-refractivity contribution < 1.29 is 14.3 Å². The Kier molecular flexibility index (Phi) is 5.85. The van der Waals surface area contributed by atoms with Gasteiger partial charge in [0.05, 0.1) is 13.2 Å². The quantitative estimate of drug-likeness (QED) is 0.874. The van der Waals surface area contributed by atoms with E-state index in [4.69, 9.17) is 9.47 Å². The maximum Gasteiger partial charge on any atom is 0.261 e. The van der Waals surface area contributed by atoms with Crippen LogP contribution in [0.5, 0.6) is 11.5 Å². The molecule has 0 saturated carbocycles. The third-order valence-corrected chi connectivity index (χ3v) is 4.00. The molecule has 1 amide bonds.